The SMILES string of the molecule is CC(CS(C)=O)Nc1cccc(N)c1. The van der Waals surface area contributed by atoms with Gasteiger partial charge in [0.1, 0.15) is 0 Å². The third-order valence-corrected chi connectivity index (χ3v) is 2.75. The zero-order chi connectivity index (χ0) is 10.6. The number of anilines is 2. The van der Waals surface area contributed by atoms with Crippen molar-refractivity contribution < 1.29 is 4.21 Å². The van der Waals surface area contributed by atoms with Crippen LogP contribution >= 0.6 is 0 Å². The summed E-state index contributed by atoms with van der Waals surface area (Å²) in [6, 6.07) is 7.75. The Labute approximate surface area is 87.2 Å². The number of rotatable bonds is 4. The Morgan fingerprint density at radius 1 is 1.57 bits per heavy atom. The molecule has 0 heterocycles. The van der Waals surface area contributed by atoms with Crippen LogP contribution in [0.2, 0.25) is 0 Å². The van der Waals surface area contributed by atoms with Crippen LogP contribution in [0.4, 0.5) is 11.4 Å². The molecule has 3 N–H and O–H groups in total. The maximum atomic E-state index is 11.0. The molecule has 0 aromatic heterocycles. The molecule has 0 bridgehead atoms. The van der Waals surface area contributed by atoms with Crippen LogP contribution in [0.25, 0.3) is 0 Å². The number of nitrogen functional groups attached to an aromatic ring is 1. The maximum absolute atomic E-state index is 11.0. The molecule has 0 saturated carbocycles. The molecule has 2 atom stereocenters. The second-order valence-electron chi connectivity index (χ2n) is 3.41. The van der Waals surface area contributed by atoms with Gasteiger partial charge < -0.3 is 11.1 Å². The molecule has 1 aromatic carbocycles. The van der Waals surface area contributed by atoms with E-state index in [0.29, 0.717) is 5.75 Å². The molecule has 0 fully saturated rings. The quantitative estimate of drug-likeness (QED) is 0.743. The van der Waals surface area contributed by atoms with Crippen LogP contribution in [0.15, 0.2) is 24.3 Å². The van der Waals surface area contributed by atoms with E-state index in [9.17, 15) is 4.21 Å². The first kappa shape index (κ1) is 11.0. The van der Waals surface area contributed by atoms with Crippen molar-refractivity contribution in [1.29, 1.82) is 0 Å². The largest absolute Gasteiger partial charge is 0.399 e. The van der Waals surface area contributed by atoms with Crippen LogP contribution in [-0.4, -0.2) is 22.3 Å². The molecule has 0 amide bonds. The van der Waals surface area contributed by atoms with E-state index in [1.165, 1.54) is 0 Å². The molecule has 78 valence electrons. The number of benzene rings is 1. The Balaban J connectivity index is 2.55. The Hall–Kier alpha value is -1.03. The lowest BCUT2D eigenvalue weighted by Gasteiger charge is -2.13. The highest BCUT2D eigenvalue weighted by molar-refractivity contribution is 7.84. The minimum absolute atomic E-state index is 0.197. The minimum atomic E-state index is -0.768. The van der Waals surface area contributed by atoms with Crippen LogP contribution in [0.5, 0.6) is 0 Å². The van der Waals surface area contributed by atoms with Crippen LogP contribution in [0, 0.1) is 0 Å². The van der Waals surface area contributed by atoms with Crippen molar-refractivity contribution in [3.8, 4) is 0 Å². The Morgan fingerprint density at radius 3 is 2.86 bits per heavy atom. The van der Waals surface area contributed by atoms with E-state index in [0.717, 1.165) is 11.4 Å². The van der Waals surface area contributed by atoms with Crippen molar-refractivity contribution in [3.05, 3.63) is 24.3 Å². The van der Waals surface area contributed by atoms with E-state index in [4.69, 9.17) is 5.73 Å². The summed E-state index contributed by atoms with van der Waals surface area (Å²) in [5.74, 6) is 0.648. The molecule has 0 aliphatic heterocycles. The average molecular weight is 212 g/mol. The normalized spacial score (nSPS) is 14.7. The van der Waals surface area contributed by atoms with E-state index in [1.807, 2.05) is 31.2 Å². The van der Waals surface area contributed by atoms with Gasteiger partial charge in [-0.25, -0.2) is 0 Å². The number of nitrogens with two attached hydrogens (primary N) is 1. The lowest BCUT2D eigenvalue weighted by molar-refractivity contribution is 0.683. The molecular weight excluding hydrogens is 196 g/mol. The topological polar surface area (TPSA) is 55.1 Å². The van der Waals surface area contributed by atoms with Gasteiger partial charge in [-0.3, -0.25) is 4.21 Å². The molecule has 3 nitrogen and oxygen atoms in total. The van der Waals surface area contributed by atoms with Gasteiger partial charge in [0, 0.05) is 40.2 Å². The predicted octanol–water partition coefficient (Wildman–Crippen LogP) is 1.45. The van der Waals surface area contributed by atoms with Gasteiger partial charge in [-0.05, 0) is 25.1 Å². The van der Waals surface area contributed by atoms with Gasteiger partial charge in [-0.2, -0.15) is 0 Å². The molecule has 0 aliphatic rings. The molecular formula is C10H16N2OS. The molecule has 0 spiro atoms. The summed E-state index contributed by atoms with van der Waals surface area (Å²) >= 11 is 0. The summed E-state index contributed by atoms with van der Waals surface area (Å²) in [5, 5.41) is 3.24. The summed E-state index contributed by atoms with van der Waals surface area (Å²) in [5.41, 5.74) is 7.35. The van der Waals surface area contributed by atoms with Crippen molar-refractivity contribution >= 4 is 22.2 Å². The van der Waals surface area contributed by atoms with E-state index >= 15 is 0 Å². The van der Waals surface area contributed by atoms with Crippen molar-refractivity contribution in [2.24, 2.45) is 0 Å². The number of hydrogen-bond acceptors (Lipinski definition) is 3. The lowest BCUT2D eigenvalue weighted by Crippen LogP contribution is -2.22. The Bertz CT molecular complexity index is 328. The lowest BCUT2D eigenvalue weighted by atomic mass is 10.2. The second kappa shape index (κ2) is 5.00. The van der Waals surface area contributed by atoms with Gasteiger partial charge in [0.05, 0.1) is 0 Å². The van der Waals surface area contributed by atoms with Gasteiger partial charge in [-0.1, -0.05) is 6.07 Å². The van der Waals surface area contributed by atoms with Crippen molar-refractivity contribution in [1.82, 2.24) is 0 Å². The van der Waals surface area contributed by atoms with Gasteiger partial charge in [0.15, 0.2) is 0 Å². The van der Waals surface area contributed by atoms with E-state index in [-0.39, 0.29) is 6.04 Å². The number of nitrogens with one attached hydrogen (secondary N) is 1. The van der Waals surface area contributed by atoms with Crippen LogP contribution in [-0.2, 0) is 10.8 Å². The zero-order valence-corrected chi connectivity index (χ0v) is 9.30. The number of hydrogen-bond donors (Lipinski definition) is 2. The first-order chi connectivity index (χ1) is 6.58. The smallest absolute Gasteiger partial charge is 0.0431 e. The molecule has 4 heteroatoms. The fourth-order valence-corrected chi connectivity index (χ4v) is 2.09. The van der Waals surface area contributed by atoms with E-state index < -0.39 is 10.8 Å². The summed E-state index contributed by atoms with van der Waals surface area (Å²) in [6.45, 7) is 2.00. The average Bonchev–Trinajstić information content (AvgIpc) is 2.01. The highest BCUT2D eigenvalue weighted by atomic mass is 32.2. The molecule has 2 unspecified atom stereocenters. The Kier molecular flexibility index (Phi) is 3.95. The van der Waals surface area contributed by atoms with Crippen molar-refractivity contribution in [2.75, 3.05) is 23.1 Å². The van der Waals surface area contributed by atoms with Gasteiger partial charge in [0.25, 0.3) is 0 Å². The van der Waals surface area contributed by atoms with Crippen LogP contribution < -0.4 is 11.1 Å². The second-order valence-corrected chi connectivity index (χ2v) is 4.89. The van der Waals surface area contributed by atoms with Crippen LogP contribution in [0.1, 0.15) is 6.92 Å². The molecule has 14 heavy (non-hydrogen) atoms. The van der Waals surface area contributed by atoms with E-state index in [2.05, 4.69) is 5.32 Å². The van der Waals surface area contributed by atoms with Gasteiger partial charge in [-0.15, -0.1) is 0 Å². The fraction of sp³-hybridized carbons (Fsp3) is 0.400. The molecule has 0 radical (unpaired) electrons. The van der Waals surface area contributed by atoms with Crippen molar-refractivity contribution in [3.63, 3.8) is 0 Å². The maximum Gasteiger partial charge on any atom is 0.0431 e. The molecule has 1 rings (SSSR count). The summed E-state index contributed by atoms with van der Waals surface area (Å²) in [4.78, 5) is 0. The first-order valence-electron chi connectivity index (χ1n) is 4.50. The third-order valence-electron chi connectivity index (χ3n) is 1.78. The highest BCUT2D eigenvalue weighted by Crippen LogP contribution is 2.12. The monoisotopic (exact) mass is 212 g/mol. The van der Waals surface area contributed by atoms with Crippen molar-refractivity contribution in [2.45, 2.75) is 13.0 Å². The molecule has 1 aromatic rings. The van der Waals surface area contributed by atoms with Gasteiger partial charge >= 0.3 is 0 Å². The minimum Gasteiger partial charge on any atom is -0.399 e. The summed E-state index contributed by atoms with van der Waals surface area (Å²) in [6.07, 6.45) is 1.71. The standard InChI is InChI=1S/C10H16N2OS/c1-8(7-14(2)13)12-10-5-3-4-9(11)6-10/h3-6,8,12H,7,11H2,1-2H3. The van der Waals surface area contributed by atoms with E-state index in [1.54, 1.807) is 6.26 Å². The fourth-order valence-electron chi connectivity index (χ4n) is 1.31. The predicted molar refractivity (Wildman–Crippen MR) is 62.9 cm³/mol. The van der Waals surface area contributed by atoms with Gasteiger partial charge in [0.2, 0.25) is 0 Å². The molecule has 0 aliphatic carbocycles. The molecule has 0 saturated heterocycles. The third kappa shape index (κ3) is 3.79. The van der Waals surface area contributed by atoms with Crippen LogP contribution in [0.3, 0.4) is 0 Å². The summed E-state index contributed by atoms with van der Waals surface area (Å²) < 4.78 is 11.0. The highest BCUT2D eigenvalue weighted by Gasteiger charge is 2.03. The summed E-state index contributed by atoms with van der Waals surface area (Å²) in [7, 11) is -0.768. The Morgan fingerprint density at radius 2 is 2.29 bits per heavy atom. The zero-order valence-electron chi connectivity index (χ0n) is 8.49. The first-order valence-corrected chi connectivity index (χ1v) is 6.23.